The largest absolute Gasteiger partial charge is 0.381 e. The normalized spacial score (nSPS) is 16.1. The van der Waals surface area contributed by atoms with Gasteiger partial charge in [0.25, 0.3) is 5.91 Å². The fourth-order valence-corrected chi connectivity index (χ4v) is 4.58. The summed E-state index contributed by atoms with van der Waals surface area (Å²) < 4.78 is 14.0. The van der Waals surface area contributed by atoms with Crippen molar-refractivity contribution in [1.29, 1.82) is 0 Å². The summed E-state index contributed by atoms with van der Waals surface area (Å²) in [5.41, 5.74) is 2.22. The van der Waals surface area contributed by atoms with Gasteiger partial charge in [-0.2, -0.15) is 0 Å². The van der Waals surface area contributed by atoms with Gasteiger partial charge in [0.1, 0.15) is 11.6 Å². The first kappa shape index (κ1) is 23.2. The first-order valence-electron chi connectivity index (χ1n) is 11.3. The summed E-state index contributed by atoms with van der Waals surface area (Å²) in [6, 6.07) is 17.6. The third-order valence-electron chi connectivity index (χ3n) is 6.27. The second kappa shape index (κ2) is 10.8. The second-order valence-electron chi connectivity index (χ2n) is 8.46. The van der Waals surface area contributed by atoms with Crippen molar-refractivity contribution in [3.05, 3.63) is 88.8 Å². The summed E-state index contributed by atoms with van der Waals surface area (Å²) in [5.74, 6) is 0.382. The first-order chi connectivity index (χ1) is 16.0. The molecule has 2 unspecified atom stereocenters. The van der Waals surface area contributed by atoms with Crippen LogP contribution in [-0.2, 0) is 0 Å². The van der Waals surface area contributed by atoms with E-state index in [0.29, 0.717) is 22.3 Å². The van der Waals surface area contributed by atoms with Gasteiger partial charge in [0.2, 0.25) is 0 Å². The van der Waals surface area contributed by atoms with Gasteiger partial charge < -0.3 is 16.0 Å². The summed E-state index contributed by atoms with van der Waals surface area (Å²) in [6.07, 6.45) is 3.52. The van der Waals surface area contributed by atoms with Crippen molar-refractivity contribution in [2.24, 2.45) is 5.92 Å². The minimum atomic E-state index is -0.254. The Morgan fingerprint density at radius 1 is 1.12 bits per heavy atom. The second-order valence-corrected chi connectivity index (χ2v) is 8.90. The van der Waals surface area contributed by atoms with Crippen LogP contribution in [0.3, 0.4) is 0 Å². The number of piperidine rings is 1. The number of para-hydroxylation sites is 1. The van der Waals surface area contributed by atoms with Crippen molar-refractivity contribution in [2.45, 2.75) is 31.7 Å². The van der Waals surface area contributed by atoms with E-state index in [2.05, 4.69) is 27.9 Å². The van der Waals surface area contributed by atoms with Crippen LogP contribution in [0.4, 0.5) is 15.9 Å². The molecule has 7 heteroatoms. The van der Waals surface area contributed by atoms with E-state index in [1.54, 1.807) is 30.3 Å². The molecule has 1 amide bonds. The predicted octanol–water partition coefficient (Wildman–Crippen LogP) is 5.71. The van der Waals surface area contributed by atoms with Crippen molar-refractivity contribution in [2.75, 3.05) is 23.7 Å². The van der Waals surface area contributed by atoms with Crippen molar-refractivity contribution in [3.63, 3.8) is 0 Å². The Morgan fingerprint density at radius 2 is 1.91 bits per heavy atom. The highest BCUT2D eigenvalue weighted by Gasteiger charge is 2.30. The van der Waals surface area contributed by atoms with E-state index >= 15 is 0 Å². The Balaban J connectivity index is 1.60. The van der Waals surface area contributed by atoms with E-state index in [0.717, 1.165) is 37.2 Å². The zero-order valence-corrected chi connectivity index (χ0v) is 19.3. The zero-order chi connectivity index (χ0) is 23.2. The van der Waals surface area contributed by atoms with Crippen LogP contribution in [-0.4, -0.2) is 30.0 Å². The highest BCUT2D eigenvalue weighted by Crippen LogP contribution is 2.33. The Hall–Kier alpha value is -2.96. The number of carbonyl (C=O) groups excluding carboxylic acids is 1. The van der Waals surface area contributed by atoms with E-state index in [1.807, 2.05) is 24.3 Å². The number of carbonyl (C=O) groups is 1. The van der Waals surface area contributed by atoms with Gasteiger partial charge in [-0.3, -0.25) is 4.79 Å². The third kappa shape index (κ3) is 5.89. The van der Waals surface area contributed by atoms with E-state index in [-0.39, 0.29) is 23.7 Å². The van der Waals surface area contributed by atoms with Crippen LogP contribution in [0.15, 0.2) is 66.9 Å². The lowest BCUT2D eigenvalue weighted by atomic mass is 9.80. The Kier molecular flexibility index (Phi) is 7.57. The minimum Gasteiger partial charge on any atom is -0.381 e. The molecule has 33 heavy (non-hydrogen) atoms. The quantitative estimate of drug-likeness (QED) is 0.417. The van der Waals surface area contributed by atoms with Crippen LogP contribution in [0.1, 0.15) is 41.6 Å². The van der Waals surface area contributed by atoms with Gasteiger partial charge >= 0.3 is 0 Å². The molecule has 0 saturated carbocycles. The molecule has 5 nitrogen and oxygen atoms in total. The van der Waals surface area contributed by atoms with Crippen LogP contribution in [0.2, 0.25) is 5.02 Å². The number of aromatic nitrogens is 1. The number of halogens is 2. The monoisotopic (exact) mass is 466 g/mol. The van der Waals surface area contributed by atoms with Gasteiger partial charge in [-0.15, -0.1) is 0 Å². The molecule has 2 heterocycles. The molecule has 1 aromatic heterocycles. The van der Waals surface area contributed by atoms with Crippen molar-refractivity contribution < 1.29 is 9.18 Å². The molecule has 1 saturated heterocycles. The highest BCUT2D eigenvalue weighted by atomic mass is 35.5. The van der Waals surface area contributed by atoms with E-state index in [4.69, 9.17) is 11.6 Å². The molecule has 1 aliphatic rings. The molecule has 3 N–H and O–H groups in total. The van der Waals surface area contributed by atoms with Crippen LogP contribution in [0, 0.1) is 11.7 Å². The maximum atomic E-state index is 14.0. The topological polar surface area (TPSA) is 66.0 Å². The SMILES string of the molecule is CC(c1cccc(F)c1)C(Nc1ccccc1C(=O)Nc1ccc(Cl)cn1)C1CCNCC1. The molecule has 2 atom stereocenters. The van der Waals surface area contributed by atoms with Crippen molar-refractivity contribution in [1.82, 2.24) is 10.3 Å². The first-order valence-corrected chi connectivity index (χ1v) is 11.6. The predicted molar refractivity (Wildman–Crippen MR) is 131 cm³/mol. The third-order valence-corrected chi connectivity index (χ3v) is 6.49. The molecule has 2 aromatic carbocycles. The molecule has 3 aromatic rings. The lowest BCUT2D eigenvalue weighted by molar-refractivity contribution is 0.102. The van der Waals surface area contributed by atoms with Gasteiger partial charge in [-0.1, -0.05) is 42.8 Å². The lowest BCUT2D eigenvalue weighted by Crippen LogP contribution is -2.41. The summed E-state index contributed by atoms with van der Waals surface area (Å²) in [6.45, 7) is 4.01. The standard InChI is InChI=1S/C26H28ClFN4O/c1-17(19-5-4-6-21(28)15-19)25(18-11-13-29-14-12-18)31-23-8-3-2-7-22(23)26(33)32-24-10-9-20(27)16-30-24/h2-10,15-18,25,29,31H,11-14H2,1H3,(H,30,32,33). The van der Waals surface area contributed by atoms with Crippen LogP contribution < -0.4 is 16.0 Å². The van der Waals surface area contributed by atoms with Gasteiger partial charge in [-0.25, -0.2) is 9.37 Å². The lowest BCUT2D eigenvalue weighted by Gasteiger charge is -2.36. The number of anilines is 2. The molecule has 0 radical (unpaired) electrons. The van der Waals surface area contributed by atoms with Gasteiger partial charge in [0, 0.05) is 23.8 Å². The number of pyridine rings is 1. The molecule has 4 rings (SSSR count). The van der Waals surface area contributed by atoms with Crippen molar-refractivity contribution >= 4 is 29.0 Å². The number of benzene rings is 2. The fourth-order valence-electron chi connectivity index (χ4n) is 4.47. The average molecular weight is 467 g/mol. The number of rotatable bonds is 7. The molecule has 172 valence electrons. The summed E-state index contributed by atoms with van der Waals surface area (Å²) in [7, 11) is 0. The smallest absolute Gasteiger partial charge is 0.258 e. The molecule has 1 aliphatic heterocycles. The average Bonchev–Trinajstić information content (AvgIpc) is 2.84. The molecular formula is C26H28ClFN4O. The zero-order valence-electron chi connectivity index (χ0n) is 18.5. The van der Waals surface area contributed by atoms with Crippen LogP contribution in [0.25, 0.3) is 0 Å². The number of nitrogens with zero attached hydrogens (tertiary/aromatic N) is 1. The summed E-state index contributed by atoms with van der Waals surface area (Å²) in [4.78, 5) is 17.2. The van der Waals surface area contributed by atoms with Gasteiger partial charge in [-0.05, 0) is 73.8 Å². The number of amides is 1. The minimum absolute atomic E-state index is 0.0384. The van der Waals surface area contributed by atoms with E-state index in [1.165, 1.54) is 12.3 Å². The van der Waals surface area contributed by atoms with Gasteiger partial charge in [0.05, 0.1) is 10.6 Å². The Morgan fingerprint density at radius 3 is 2.64 bits per heavy atom. The van der Waals surface area contributed by atoms with E-state index in [9.17, 15) is 9.18 Å². The summed E-state index contributed by atoms with van der Waals surface area (Å²) in [5, 5.41) is 10.4. The number of nitrogens with one attached hydrogen (secondary N) is 3. The van der Waals surface area contributed by atoms with E-state index < -0.39 is 0 Å². The van der Waals surface area contributed by atoms with Crippen LogP contribution >= 0.6 is 11.6 Å². The van der Waals surface area contributed by atoms with Crippen LogP contribution in [0.5, 0.6) is 0 Å². The Bertz CT molecular complexity index is 1090. The highest BCUT2D eigenvalue weighted by molar-refractivity contribution is 6.30. The maximum absolute atomic E-state index is 14.0. The molecule has 0 aliphatic carbocycles. The number of hydrogen-bond donors (Lipinski definition) is 3. The van der Waals surface area contributed by atoms with Crippen molar-refractivity contribution in [3.8, 4) is 0 Å². The maximum Gasteiger partial charge on any atom is 0.258 e. The molecule has 1 fully saturated rings. The molecular weight excluding hydrogens is 439 g/mol. The summed E-state index contributed by atoms with van der Waals surface area (Å²) >= 11 is 5.90. The fraction of sp³-hybridized carbons (Fsp3) is 0.308. The Labute approximate surface area is 198 Å². The molecule has 0 bridgehead atoms. The van der Waals surface area contributed by atoms with Gasteiger partial charge in [0.15, 0.2) is 0 Å². The number of hydrogen-bond acceptors (Lipinski definition) is 4. The molecule has 0 spiro atoms.